The molecule has 0 saturated carbocycles. The number of carbonyl (C=O) groups is 1. The first-order chi connectivity index (χ1) is 10.6. The van der Waals surface area contributed by atoms with Gasteiger partial charge in [0.2, 0.25) is 5.91 Å². The number of aryl methyl sites for hydroxylation is 2. The molecule has 0 radical (unpaired) electrons. The Morgan fingerprint density at radius 2 is 2.05 bits per heavy atom. The Bertz CT molecular complexity index is 719. The van der Waals surface area contributed by atoms with Crippen LogP contribution in [0.3, 0.4) is 0 Å². The maximum atomic E-state index is 12.0. The normalized spacial score (nSPS) is 10.0. The summed E-state index contributed by atoms with van der Waals surface area (Å²) in [5.41, 5.74) is 4.77. The summed E-state index contributed by atoms with van der Waals surface area (Å²) in [7, 11) is 0. The molecule has 4 heteroatoms. The van der Waals surface area contributed by atoms with Crippen LogP contribution in [0.1, 0.15) is 22.3 Å². The number of hydrogen-bond donors (Lipinski definition) is 1. The molecule has 0 aliphatic rings. The van der Waals surface area contributed by atoms with E-state index in [2.05, 4.69) is 11.4 Å². The first kappa shape index (κ1) is 16.1. The van der Waals surface area contributed by atoms with Gasteiger partial charge in [0, 0.05) is 11.4 Å². The lowest BCUT2D eigenvalue weighted by Gasteiger charge is -2.09. The smallest absolute Gasteiger partial charge is 0.234 e. The minimum absolute atomic E-state index is 0.00450. The van der Waals surface area contributed by atoms with E-state index in [4.69, 9.17) is 5.26 Å². The summed E-state index contributed by atoms with van der Waals surface area (Å²) in [6.45, 7) is 3.99. The predicted octanol–water partition coefficient (Wildman–Crippen LogP) is 4.05. The zero-order chi connectivity index (χ0) is 15.9. The lowest BCUT2D eigenvalue weighted by Crippen LogP contribution is -2.15. The third-order valence-corrected chi connectivity index (χ3v) is 4.23. The van der Waals surface area contributed by atoms with Crippen LogP contribution in [0.2, 0.25) is 0 Å². The van der Waals surface area contributed by atoms with Gasteiger partial charge in [-0.25, -0.2) is 0 Å². The zero-order valence-electron chi connectivity index (χ0n) is 12.7. The first-order valence-electron chi connectivity index (χ1n) is 7.02. The highest BCUT2D eigenvalue weighted by molar-refractivity contribution is 7.99. The average molecular weight is 310 g/mol. The van der Waals surface area contributed by atoms with Gasteiger partial charge in [0.15, 0.2) is 0 Å². The minimum Gasteiger partial charge on any atom is -0.325 e. The molecule has 2 aromatic rings. The number of hydrogen-bond acceptors (Lipinski definition) is 3. The Kier molecular flexibility index (Phi) is 5.62. The quantitative estimate of drug-likeness (QED) is 0.906. The molecule has 112 valence electrons. The van der Waals surface area contributed by atoms with E-state index >= 15 is 0 Å². The van der Waals surface area contributed by atoms with Gasteiger partial charge < -0.3 is 5.32 Å². The van der Waals surface area contributed by atoms with E-state index in [0.29, 0.717) is 11.3 Å². The van der Waals surface area contributed by atoms with Gasteiger partial charge in [-0.1, -0.05) is 24.3 Å². The van der Waals surface area contributed by atoms with E-state index in [-0.39, 0.29) is 5.91 Å². The van der Waals surface area contributed by atoms with Crippen molar-refractivity contribution < 1.29 is 4.79 Å². The molecule has 0 aliphatic carbocycles. The molecule has 0 aliphatic heterocycles. The van der Waals surface area contributed by atoms with Crippen molar-refractivity contribution >= 4 is 23.4 Å². The number of nitriles is 1. The van der Waals surface area contributed by atoms with E-state index in [9.17, 15) is 4.79 Å². The zero-order valence-corrected chi connectivity index (χ0v) is 13.5. The molecule has 0 spiro atoms. The number of benzene rings is 2. The Labute approximate surface area is 135 Å². The van der Waals surface area contributed by atoms with Crippen molar-refractivity contribution in [2.75, 3.05) is 11.1 Å². The van der Waals surface area contributed by atoms with E-state index in [1.807, 2.05) is 50.2 Å². The van der Waals surface area contributed by atoms with Crippen molar-refractivity contribution in [3.63, 3.8) is 0 Å². The summed E-state index contributed by atoms with van der Waals surface area (Å²) in [4.78, 5) is 12.0. The molecule has 0 heterocycles. The molecular formula is C18H18N2OS. The molecule has 1 amide bonds. The highest BCUT2D eigenvalue weighted by atomic mass is 32.2. The Hall–Kier alpha value is -2.25. The second kappa shape index (κ2) is 7.67. The van der Waals surface area contributed by atoms with Crippen LogP contribution < -0.4 is 5.32 Å². The highest BCUT2D eigenvalue weighted by Crippen LogP contribution is 2.18. The number of rotatable bonds is 5. The second-order valence-corrected chi connectivity index (χ2v) is 6.16. The minimum atomic E-state index is -0.00450. The van der Waals surface area contributed by atoms with Crippen molar-refractivity contribution in [1.82, 2.24) is 0 Å². The van der Waals surface area contributed by atoms with Crippen LogP contribution in [0.15, 0.2) is 42.5 Å². The van der Waals surface area contributed by atoms with E-state index in [1.54, 1.807) is 17.8 Å². The van der Waals surface area contributed by atoms with Crippen molar-refractivity contribution in [2.24, 2.45) is 0 Å². The Morgan fingerprint density at radius 1 is 1.23 bits per heavy atom. The van der Waals surface area contributed by atoms with Crippen LogP contribution in [0.4, 0.5) is 5.69 Å². The third-order valence-electron chi connectivity index (χ3n) is 3.23. The molecule has 1 N–H and O–H groups in total. The maximum absolute atomic E-state index is 12.0. The van der Waals surface area contributed by atoms with Gasteiger partial charge >= 0.3 is 0 Å². The molecule has 2 aromatic carbocycles. The van der Waals surface area contributed by atoms with Crippen molar-refractivity contribution in [3.05, 3.63) is 64.7 Å². The number of nitrogens with one attached hydrogen (secondary N) is 1. The Balaban J connectivity index is 1.85. The summed E-state index contributed by atoms with van der Waals surface area (Å²) in [5.74, 6) is 1.11. The van der Waals surface area contributed by atoms with Crippen LogP contribution in [0.5, 0.6) is 0 Å². The first-order valence-corrected chi connectivity index (χ1v) is 8.18. The molecule has 22 heavy (non-hydrogen) atoms. The number of nitrogens with zero attached hydrogens (tertiary/aromatic N) is 1. The van der Waals surface area contributed by atoms with E-state index < -0.39 is 0 Å². The molecule has 3 nitrogen and oxygen atoms in total. The lowest BCUT2D eigenvalue weighted by molar-refractivity contribution is -0.113. The number of amides is 1. The fourth-order valence-corrected chi connectivity index (χ4v) is 2.82. The summed E-state index contributed by atoms with van der Waals surface area (Å²) >= 11 is 1.54. The molecule has 0 unspecified atom stereocenters. The maximum Gasteiger partial charge on any atom is 0.234 e. The average Bonchev–Trinajstić information content (AvgIpc) is 2.51. The monoisotopic (exact) mass is 310 g/mol. The standard InChI is InChI=1S/C18H18N2OS/c1-13-6-7-14(2)17(8-13)20-18(21)12-22-11-16-5-3-4-15(9-16)10-19/h3-9H,11-12H2,1-2H3,(H,20,21). The van der Waals surface area contributed by atoms with Crippen LogP contribution in [0.25, 0.3) is 0 Å². The van der Waals surface area contributed by atoms with Gasteiger partial charge in [-0.2, -0.15) is 5.26 Å². The molecular weight excluding hydrogens is 292 g/mol. The van der Waals surface area contributed by atoms with Gasteiger partial charge in [0.25, 0.3) is 0 Å². The largest absolute Gasteiger partial charge is 0.325 e. The molecule has 0 aromatic heterocycles. The SMILES string of the molecule is Cc1ccc(C)c(NC(=O)CSCc2cccc(C#N)c2)c1. The van der Waals surface area contributed by atoms with E-state index in [0.717, 1.165) is 28.1 Å². The van der Waals surface area contributed by atoms with Crippen LogP contribution in [-0.4, -0.2) is 11.7 Å². The fourth-order valence-electron chi connectivity index (χ4n) is 2.05. The number of carbonyl (C=O) groups excluding carboxylic acids is 1. The number of thioether (sulfide) groups is 1. The molecule has 0 bridgehead atoms. The Morgan fingerprint density at radius 3 is 2.82 bits per heavy atom. The van der Waals surface area contributed by atoms with Crippen molar-refractivity contribution in [2.45, 2.75) is 19.6 Å². The van der Waals surface area contributed by atoms with Crippen LogP contribution in [0, 0.1) is 25.2 Å². The topological polar surface area (TPSA) is 52.9 Å². The summed E-state index contributed by atoms with van der Waals surface area (Å²) in [6, 6.07) is 15.6. The summed E-state index contributed by atoms with van der Waals surface area (Å²) < 4.78 is 0. The predicted molar refractivity (Wildman–Crippen MR) is 91.9 cm³/mol. The highest BCUT2D eigenvalue weighted by Gasteiger charge is 2.06. The van der Waals surface area contributed by atoms with Crippen LogP contribution >= 0.6 is 11.8 Å². The fraction of sp³-hybridized carbons (Fsp3) is 0.222. The van der Waals surface area contributed by atoms with Crippen molar-refractivity contribution in [3.8, 4) is 6.07 Å². The molecule has 2 rings (SSSR count). The second-order valence-electron chi connectivity index (χ2n) is 5.17. The van der Waals surface area contributed by atoms with Gasteiger partial charge in [0.05, 0.1) is 17.4 Å². The summed E-state index contributed by atoms with van der Waals surface area (Å²) in [6.07, 6.45) is 0. The lowest BCUT2D eigenvalue weighted by atomic mass is 10.1. The molecule has 0 fully saturated rings. The molecule has 0 atom stereocenters. The van der Waals surface area contributed by atoms with Gasteiger partial charge in [-0.15, -0.1) is 11.8 Å². The van der Waals surface area contributed by atoms with Gasteiger partial charge in [0.1, 0.15) is 0 Å². The third kappa shape index (κ3) is 4.64. The summed E-state index contributed by atoms with van der Waals surface area (Å²) in [5, 5.41) is 11.8. The van der Waals surface area contributed by atoms with Gasteiger partial charge in [-0.3, -0.25) is 4.79 Å². The number of anilines is 1. The van der Waals surface area contributed by atoms with Crippen LogP contribution in [-0.2, 0) is 10.5 Å². The van der Waals surface area contributed by atoms with Crippen molar-refractivity contribution in [1.29, 1.82) is 5.26 Å². The van der Waals surface area contributed by atoms with Gasteiger partial charge in [-0.05, 0) is 48.7 Å². The van der Waals surface area contributed by atoms with E-state index in [1.165, 1.54) is 0 Å². The molecule has 0 saturated heterocycles.